The third-order valence-corrected chi connectivity index (χ3v) is 2.26. The summed E-state index contributed by atoms with van der Waals surface area (Å²) in [5, 5.41) is 8.68. The molecule has 0 atom stereocenters. The molecule has 0 aliphatic carbocycles. The van der Waals surface area contributed by atoms with Gasteiger partial charge in [-0.2, -0.15) is 5.26 Å². The summed E-state index contributed by atoms with van der Waals surface area (Å²) in [5.41, 5.74) is 1.97. The van der Waals surface area contributed by atoms with Crippen LogP contribution >= 0.6 is 11.8 Å². The lowest BCUT2D eigenvalue weighted by Crippen LogP contribution is -1.80. The molecule has 1 rings (SSSR count). The minimum atomic E-state index is 0.767. The van der Waals surface area contributed by atoms with Gasteiger partial charge in [0.1, 0.15) is 6.07 Å². The molecule has 1 aromatic carbocycles. The molecular formula is C9H9NS. The van der Waals surface area contributed by atoms with Crippen molar-refractivity contribution in [1.82, 2.24) is 0 Å². The molecular weight excluding hydrogens is 154 g/mol. The lowest BCUT2D eigenvalue weighted by atomic mass is 10.2. The fourth-order valence-electron chi connectivity index (χ4n) is 0.891. The SMILES string of the molecule is CSc1cc(C)ccc1C#N. The molecule has 56 valence electrons. The van der Waals surface area contributed by atoms with E-state index in [2.05, 4.69) is 6.07 Å². The van der Waals surface area contributed by atoms with Crippen LogP contribution in [0.5, 0.6) is 0 Å². The Morgan fingerprint density at radius 1 is 1.45 bits per heavy atom. The van der Waals surface area contributed by atoms with Crippen LogP contribution in [0.25, 0.3) is 0 Å². The maximum atomic E-state index is 8.68. The van der Waals surface area contributed by atoms with Crippen molar-refractivity contribution in [2.24, 2.45) is 0 Å². The van der Waals surface area contributed by atoms with E-state index in [-0.39, 0.29) is 0 Å². The van der Waals surface area contributed by atoms with Crippen molar-refractivity contribution in [3.63, 3.8) is 0 Å². The van der Waals surface area contributed by atoms with Gasteiger partial charge in [0.2, 0.25) is 0 Å². The predicted octanol–water partition coefficient (Wildman–Crippen LogP) is 2.59. The summed E-state index contributed by atoms with van der Waals surface area (Å²) < 4.78 is 0. The maximum absolute atomic E-state index is 8.68. The number of aryl methyl sites for hydroxylation is 1. The first-order valence-electron chi connectivity index (χ1n) is 3.32. The molecule has 1 nitrogen and oxygen atoms in total. The third kappa shape index (κ3) is 1.75. The minimum Gasteiger partial charge on any atom is -0.192 e. The van der Waals surface area contributed by atoms with Crippen LogP contribution in [-0.4, -0.2) is 6.26 Å². The van der Waals surface area contributed by atoms with E-state index in [4.69, 9.17) is 5.26 Å². The molecule has 11 heavy (non-hydrogen) atoms. The van der Waals surface area contributed by atoms with Crippen LogP contribution in [0.3, 0.4) is 0 Å². The van der Waals surface area contributed by atoms with Crippen molar-refractivity contribution >= 4 is 11.8 Å². The fraction of sp³-hybridized carbons (Fsp3) is 0.222. The monoisotopic (exact) mass is 163 g/mol. The molecule has 0 saturated carbocycles. The van der Waals surface area contributed by atoms with Crippen LogP contribution in [0.2, 0.25) is 0 Å². The first-order valence-corrected chi connectivity index (χ1v) is 4.55. The minimum absolute atomic E-state index is 0.767. The van der Waals surface area contributed by atoms with Gasteiger partial charge in [-0.25, -0.2) is 0 Å². The van der Waals surface area contributed by atoms with Crippen molar-refractivity contribution < 1.29 is 0 Å². The molecule has 0 amide bonds. The van der Waals surface area contributed by atoms with Gasteiger partial charge in [0.15, 0.2) is 0 Å². The zero-order valence-corrected chi connectivity index (χ0v) is 7.40. The average Bonchev–Trinajstić information content (AvgIpc) is 2.04. The van der Waals surface area contributed by atoms with E-state index in [0.29, 0.717) is 0 Å². The Bertz CT molecular complexity index is 299. The van der Waals surface area contributed by atoms with Crippen molar-refractivity contribution in [1.29, 1.82) is 5.26 Å². The third-order valence-electron chi connectivity index (χ3n) is 1.48. The van der Waals surface area contributed by atoms with E-state index >= 15 is 0 Å². The van der Waals surface area contributed by atoms with Crippen molar-refractivity contribution in [2.75, 3.05) is 6.26 Å². The number of nitrogens with zero attached hydrogens (tertiary/aromatic N) is 1. The predicted molar refractivity (Wildman–Crippen MR) is 47.7 cm³/mol. The molecule has 0 N–H and O–H groups in total. The number of hydrogen-bond donors (Lipinski definition) is 0. The van der Waals surface area contributed by atoms with Gasteiger partial charge >= 0.3 is 0 Å². The van der Waals surface area contributed by atoms with Gasteiger partial charge in [0.25, 0.3) is 0 Å². The van der Waals surface area contributed by atoms with E-state index in [9.17, 15) is 0 Å². The van der Waals surface area contributed by atoms with Gasteiger partial charge in [-0.3, -0.25) is 0 Å². The van der Waals surface area contributed by atoms with E-state index in [1.54, 1.807) is 11.8 Å². The summed E-state index contributed by atoms with van der Waals surface area (Å²) in [5.74, 6) is 0. The van der Waals surface area contributed by atoms with Gasteiger partial charge in [0.05, 0.1) is 5.56 Å². The molecule has 0 unspecified atom stereocenters. The van der Waals surface area contributed by atoms with Crippen molar-refractivity contribution in [3.05, 3.63) is 29.3 Å². The lowest BCUT2D eigenvalue weighted by Gasteiger charge is -1.99. The van der Waals surface area contributed by atoms with Crippen molar-refractivity contribution in [3.8, 4) is 6.07 Å². The van der Waals surface area contributed by atoms with Crippen LogP contribution in [-0.2, 0) is 0 Å². The maximum Gasteiger partial charge on any atom is 0.100 e. The second-order valence-corrected chi connectivity index (χ2v) is 3.16. The highest BCUT2D eigenvalue weighted by atomic mass is 32.2. The number of nitriles is 1. The summed E-state index contributed by atoms with van der Waals surface area (Å²) in [6.07, 6.45) is 1.98. The van der Waals surface area contributed by atoms with Gasteiger partial charge in [-0.15, -0.1) is 11.8 Å². The molecule has 0 aromatic heterocycles. The molecule has 0 aliphatic heterocycles. The smallest absolute Gasteiger partial charge is 0.100 e. The molecule has 0 saturated heterocycles. The van der Waals surface area contributed by atoms with E-state index in [1.165, 1.54) is 5.56 Å². The lowest BCUT2D eigenvalue weighted by molar-refractivity contribution is 1.31. The molecule has 0 radical (unpaired) electrons. The summed E-state index contributed by atoms with van der Waals surface area (Å²) in [6, 6.07) is 8.00. The molecule has 2 heteroatoms. The van der Waals surface area contributed by atoms with Gasteiger partial charge in [-0.05, 0) is 30.9 Å². The normalized spacial score (nSPS) is 9.18. The second-order valence-electron chi connectivity index (χ2n) is 2.32. The van der Waals surface area contributed by atoms with Crippen LogP contribution in [0.4, 0.5) is 0 Å². The Kier molecular flexibility index (Phi) is 2.56. The number of hydrogen-bond acceptors (Lipinski definition) is 2. The van der Waals surface area contributed by atoms with Crippen LogP contribution in [0.15, 0.2) is 23.1 Å². The Balaban J connectivity index is 3.19. The number of benzene rings is 1. The Morgan fingerprint density at radius 2 is 2.18 bits per heavy atom. The van der Waals surface area contributed by atoms with Crippen LogP contribution < -0.4 is 0 Å². The summed E-state index contributed by atoms with van der Waals surface area (Å²) >= 11 is 1.61. The molecule has 0 aliphatic rings. The Labute approximate surface area is 71.0 Å². The topological polar surface area (TPSA) is 23.8 Å². The molecule has 0 heterocycles. The molecule has 0 fully saturated rings. The van der Waals surface area contributed by atoms with E-state index in [0.717, 1.165) is 10.5 Å². The van der Waals surface area contributed by atoms with Gasteiger partial charge in [-0.1, -0.05) is 6.07 Å². The van der Waals surface area contributed by atoms with Gasteiger partial charge in [0, 0.05) is 4.90 Å². The first kappa shape index (κ1) is 8.16. The average molecular weight is 163 g/mol. The van der Waals surface area contributed by atoms with Crippen molar-refractivity contribution in [2.45, 2.75) is 11.8 Å². The van der Waals surface area contributed by atoms with Crippen LogP contribution in [0.1, 0.15) is 11.1 Å². The fourth-order valence-corrected chi connectivity index (χ4v) is 1.53. The Hall–Kier alpha value is -0.940. The van der Waals surface area contributed by atoms with E-state index in [1.807, 2.05) is 31.4 Å². The zero-order chi connectivity index (χ0) is 8.27. The highest BCUT2D eigenvalue weighted by Crippen LogP contribution is 2.20. The summed E-state index contributed by atoms with van der Waals surface area (Å²) in [4.78, 5) is 1.06. The first-order chi connectivity index (χ1) is 5.27. The highest BCUT2D eigenvalue weighted by Gasteiger charge is 1.98. The molecule has 0 spiro atoms. The van der Waals surface area contributed by atoms with Gasteiger partial charge < -0.3 is 0 Å². The van der Waals surface area contributed by atoms with E-state index < -0.39 is 0 Å². The quantitative estimate of drug-likeness (QED) is 0.594. The summed E-state index contributed by atoms with van der Waals surface area (Å²) in [6.45, 7) is 2.03. The standard InChI is InChI=1S/C9H9NS/c1-7-3-4-8(6-10)9(5-7)11-2/h3-5H,1-2H3. The highest BCUT2D eigenvalue weighted by molar-refractivity contribution is 7.98. The molecule has 0 bridgehead atoms. The second kappa shape index (κ2) is 3.45. The summed E-state index contributed by atoms with van der Waals surface area (Å²) in [7, 11) is 0. The molecule has 1 aromatic rings. The number of rotatable bonds is 1. The number of thioether (sulfide) groups is 1. The zero-order valence-electron chi connectivity index (χ0n) is 6.59. The largest absolute Gasteiger partial charge is 0.192 e. The Morgan fingerprint density at radius 3 is 2.73 bits per heavy atom. The van der Waals surface area contributed by atoms with Crippen LogP contribution in [0, 0.1) is 18.3 Å².